The fourth-order valence-corrected chi connectivity index (χ4v) is 3.57. The Morgan fingerprint density at radius 2 is 1.86 bits per heavy atom. The number of rotatable bonds is 9. The van der Waals surface area contributed by atoms with Gasteiger partial charge in [-0.05, 0) is 40.7 Å². The molecule has 126 valence electrons. The molecule has 0 aliphatic carbocycles. The fourth-order valence-electron chi connectivity index (χ4n) is 2.14. The van der Waals surface area contributed by atoms with Crippen LogP contribution in [-0.2, 0) is 22.9 Å². The van der Waals surface area contributed by atoms with E-state index in [1.54, 1.807) is 34.8 Å². The monoisotopic (exact) mass is 324 g/mol. The van der Waals surface area contributed by atoms with Gasteiger partial charge in [-0.1, -0.05) is 0 Å². The van der Waals surface area contributed by atoms with E-state index in [1.807, 2.05) is 0 Å². The lowest BCUT2D eigenvalue weighted by Crippen LogP contribution is -2.52. The van der Waals surface area contributed by atoms with Crippen LogP contribution in [0.3, 0.4) is 0 Å². The molecule has 0 unspecified atom stereocenters. The molecule has 0 aromatic carbocycles. The Kier molecular flexibility index (Phi) is 8.34. The Hall–Kier alpha value is -0.0100. The topological polar surface area (TPSA) is 78.0 Å². The lowest BCUT2D eigenvalue weighted by molar-refractivity contribution is 0.0310. The summed E-state index contributed by atoms with van der Waals surface area (Å²) in [6.07, 6.45) is 0.515. The van der Waals surface area contributed by atoms with Gasteiger partial charge in [0.1, 0.15) is 6.73 Å². The van der Waals surface area contributed by atoms with Gasteiger partial charge in [0.15, 0.2) is 0 Å². The smallest absolute Gasteiger partial charge is 0.379 e. The molecule has 0 bridgehead atoms. The molecule has 1 heterocycles. The van der Waals surface area contributed by atoms with Crippen molar-refractivity contribution in [1.29, 1.82) is 0 Å². The highest BCUT2D eigenvalue weighted by Gasteiger charge is 2.31. The molecule has 1 saturated heterocycles. The van der Waals surface area contributed by atoms with Crippen LogP contribution < -0.4 is 10.6 Å². The molecule has 0 radical (unpaired) electrons. The van der Waals surface area contributed by atoms with E-state index in [4.69, 9.17) is 18.3 Å². The minimum absolute atomic E-state index is 0.0683. The standard InChI is InChI=1S/C13H29N2O5P/c1-10(2)19-21(16,20-11(3)4)18-9-15-12-6-7-14-8-13(12)17-5/h10-15H,6-9H2,1-5H3/t12-,13+/m1/s1. The van der Waals surface area contributed by atoms with Crippen molar-refractivity contribution in [3.63, 3.8) is 0 Å². The first-order chi connectivity index (χ1) is 9.86. The molecule has 2 N–H and O–H groups in total. The lowest BCUT2D eigenvalue weighted by atomic mass is 10.0. The second kappa shape index (κ2) is 9.20. The van der Waals surface area contributed by atoms with Gasteiger partial charge in [-0.3, -0.25) is 18.9 Å². The molecule has 21 heavy (non-hydrogen) atoms. The first-order valence-corrected chi connectivity index (χ1v) is 8.90. The first kappa shape index (κ1) is 19.0. The summed E-state index contributed by atoms with van der Waals surface area (Å²) in [6, 6.07) is 0.155. The number of hydrogen-bond acceptors (Lipinski definition) is 7. The van der Waals surface area contributed by atoms with Crippen LogP contribution in [0.5, 0.6) is 0 Å². The van der Waals surface area contributed by atoms with Crippen molar-refractivity contribution in [3.05, 3.63) is 0 Å². The van der Waals surface area contributed by atoms with Gasteiger partial charge in [0, 0.05) is 19.7 Å². The van der Waals surface area contributed by atoms with Crippen molar-refractivity contribution < 1.29 is 22.9 Å². The zero-order chi connectivity index (χ0) is 15.9. The molecule has 8 heteroatoms. The first-order valence-electron chi connectivity index (χ1n) is 7.44. The molecular weight excluding hydrogens is 295 g/mol. The van der Waals surface area contributed by atoms with E-state index in [0.717, 1.165) is 19.5 Å². The van der Waals surface area contributed by atoms with E-state index in [1.165, 1.54) is 0 Å². The van der Waals surface area contributed by atoms with Crippen LogP contribution in [0.25, 0.3) is 0 Å². The minimum atomic E-state index is -3.55. The van der Waals surface area contributed by atoms with Gasteiger partial charge in [0.2, 0.25) is 0 Å². The number of nitrogens with one attached hydrogen (secondary N) is 2. The third-order valence-corrected chi connectivity index (χ3v) is 4.78. The van der Waals surface area contributed by atoms with Crippen LogP contribution in [0.15, 0.2) is 0 Å². The van der Waals surface area contributed by atoms with E-state index in [2.05, 4.69) is 10.6 Å². The Labute approximate surface area is 127 Å². The summed E-state index contributed by atoms with van der Waals surface area (Å²) in [7, 11) is -1.86. The summed E-state index contributed by atoms with van der Waals surface area (Å²) in [5, 5.41) is 6.47. The molecule has 0 aromatic heterocycles. The predicted octanol–water partition coefficient (Wildman–Crippen LogP) is 1.89. The van der Waals surface area contributed by atoms with E-state index >= 15 is 0 Å². The maximum Gasteiger partial charge on any atom is 0.476 e. The van der Waals surface area contributed by atoms with Crippen LogP contribution in [0.2, 0.25) is 0 Å². The van der Waals surface area contributed by atoms with Crippen LogP contribution in [-0.4, -0.2) is 51.3 Å². The molecular formula is C13H29N2O5P. The predicted molar refractivity (Wildman–Crippen MR) is 81.2 cm³/mol. The summed E-state index contributed by atoms with van der Waals surface area (Å²) >= 11 is 0. The molecule has 1 aliphatic heterocycles. The SMILES string of the molecule is CO[C@H]1CNCC[C@H]1NCOP(=O)(OC(C)C)OC(C)C. The van der Waals surface area contributed by atoms with Gasteiger partial charge in [0.25, 0.3) is 0 Å². The normalized spacial score (nSPS) is 24.0. The number of piperidine rings is 1. The largest absolute Gasteiger partial charge is 0.476 e. The summed E-state index contributed by atoms with van der Waals surface area (Å²) < 4.78 is 33.9. The number of ether oxygens (including phenoxy) is 1. The van der Waals surface area contributed by atoms with Gasteiger partial charge < -0.3 is 10.1 Å². The van der Waals surface area contributed by atoms with Crippen LogP contribution in [0.1, 0.15) is 34.1 Å². The highest BCUT2D eigenvalue weighted by atomic mass is 31.2. The third kappa shape index (κ3) is 7.19. The van der Waals surface area contributed by atoms with Crippen molar-refractivity contribution in [1.82, 2.24) is 10.6 Å². The van der Waals surface area contributed by atoms with E-state index in [-0.39, 0.29) is 31.1 Å². The molecule has 1 fully saturated rings. The van der Waals surface area contributed by atoms with E-state index in [0.29, 0.717) is 0 Å². The van der Waals surface area contributed by atoms with E-state index in [9.17, 15) is 4.57 Å². The molecule has 0 spiro atoms. The Balaban J connectivity index is 2.46. The third-order valence-electron chi connectivity index (χ3n) is 2.98. The average Bonchev–Trinajstić information content (AvgIpc) is 2.37. The van der Waals surface area contributed by atoms with Crippen molar-refractivity contribution in [3.8, 4) is 0 Å². The van der Waals surface area contributed by atoms with Crippen molar-refractivity contribution in [2.24, 2.45) is 0 Å². The van der Waals surface area contributed by atoms with Gasteiger partial charge >= 0.3 is 7.82 Å². The number of phosphoric acid groups is 1. The lowest BCUT2D eigenvalue weighted by Gasteiger charge is -2.32. The molecule has 0 amide bonds. The Morgan fingerprint density at radius 1 is 1.24 bits per heavy atom. The Morgan fingerprint density at radius 3 is 2.38 bits per heavy atom. The van der Waals surface area contributed by atoms with Crippen molar-refractivity contribution in [2.75, 3.05) is 26.9 Å². The zero-order valence-corrected chi connectivity index (χ0v) is 14.5. The van der Waals surface area contributed by atoms with Gasteiger partial charge in [-0.15, -0.1) is 0 Å². The molecule has 0 saturated carbocycles. The quantitative estimate of drug-likeness (QED) is 0.495. The van der Waals surface area contributed by atoms with Gasteiger partial charge in [-0.2, -0.15) is 0 Å². The van der Waals surface area contributed by atoms with Gasteiger partial charge in [0.05, 0.1) is 18.3 Å². The summed E-state index contributed by atoms with van der Waals surface area (Å²) in [6.45, 7) is 8.97. The minimum Gasteiger partial charge on any atom is -0.379 e. The zero-order valence-electron chi connectivity index (χ0n) is 13.6. The van der Waals surface area contributed by atoms with Gasteiger partial charge in [-0.25, -0.2) is 4.57 Å². The number of hydrogen-bond donors (Lipinski definition) is 2. The summed E-state index contributed by atoms with van der Waals surface area (Å²) in [4.78, 5) is 0. The second-order valence-corrected chi connectivity index (χ2v) is 7.18. The molecule has 2 atom stereocenters. The second-order valence-electron chi connectivity index (χ2n) is 5.61. The Bertz CT molecular complexity index is 327. The number of methoxy groups -OCH3 is 1. The van der Waals surface area contributed by atoms with Crippen LogP contribution >= 0.6 is 7.82 Å². The molecule has 1 rings (SSSR count). The molecule has 7 nitrogen and oxygen atoms in total. The average molecular weight is 324 g/mol. The van der Waals surface area contributed by atoms with E-state index < -0.39 is 7.82 Å². The summed E-state index contributed by atoms with van der Waals surface area (Å²) in [5.41, 5.74) is 0. The highest BCUT2D eigenvalue weighted by molar-refractivity contribution is 7.48. The number of phosphoric ester groups is 1. The molecule has 0 aromatic rings. The fraction of sp³-hybridized carbons (Fsp3) is 1.00. The van der Waals surface area contributed by atoms with Crippen molar-refractivity contribution in [2.45, 2.75) is 58.5 Å². The van der Waals surface area contributed by atoms with Crippen LogP contribution in [0.4, 0.5) is 0 Å². The summed E-state index contributed by atoms with van der Waals surface area (Å²) in [5.74, 6) is 0. The maximum absolute atomic E-state index is 12.5. The highest BCUT2D eigenvalue weighted by Crippen LogP contribution is 2.51. The molecule has 1 aliphatic rings. The van der Waals surface area contributed by atoms with Crippen LogP contribution in [0, 0.1) is 0 Å². The maximum atomic E-state index is 12.5. The van der Waals surface area contributed by atoms with Crippen molar-refractivity contribution >= 4 is 7.82 Å².